The number of unbranched alkanes of at least 4 members (excludes halogenated alkanes) is 1. The van der Waals surface area contributed by atoms with Crippen molar-refractivity contribution in [2.24, 2.45) is 12.0 Å². The molecule has 2 heterocycles. The highest BCUT2D eigenvalue weighted by atomic mass is 19.3. The van der Waals surface area contributed by atoms with Crippen LogP contribution in [-0.4, -0.2) is 26.5 Å². The fourth-order valence-corrected chi connectivity index (χ4v) is 2.17. The van der Waals surface area contributed by atoms with Gasteiger partial charge in [0.15, 0.2) is 12.1 Å². The standard InChI is InChI=1S/C12H16F2N4O3/c1-3-4-5-18-7-6(11(20)17(2)12(18)21)15-9(8(13)14)16-10(7)19/h8,10,19H,3-5H2,1-2H3,(H,15,16). The molecule has 2 rings (SSSR count). The molecule has 7 nitrogen and oxygen atoms in total. The van der Waals surface area contributed by atoms with Gasteiger partial charge in [-0.2, -0.15) is 0 Å². The monoisotopic (exact) mass is 302 g/mol. The zero-order valence-electron chi connectivity index (χ0n) is 11.6. The Balaban J connectivity index is 2.66. The lowest BCUT2D eigenvalue weighted by atomic mass is 10.2. The largest absolute Gasteiger partial charge is 0.367 e. The molecule has 1 aromatic heterocycles. The maximum Gasteiger partial charge on any atom is 0.331 e. The molecule has 0 aliphatic carbocycles. The summed E-state index contributed by atoms with van der Waals surface area (Å²) in [5.41, 5.74) is -1.68. The topological polar surface area (TPSA) is 88.6 Å². The van der Waals surface area contributed by atoms with Gasteiger partial charge in [0.1, 0.15) is 11.4 Å². The van der Waals surface area contributed by atoms with Crippen molar-refractivity contribution < 1.29 is 13.9 Å². The van der Waals surface area contributed by atoms with Crippen LogP contribution in [0.2, 0.25) is 0 Å². The van der Waals surface area contributed by atoms with Crippen molar-refractivity contribution in [2.75, 3.05) is 5.32 Å². The van der Waals surface area contributed by atoms with Gasteiger partial charge in [-0.1, -0.05) is 13.3 Å². The zero-order valence-corrected chi connectivity index (χ0v) is 11.6. The molecule has 1 aromatic rings. The Morgan fingerprint density at radius 2 is 2.10 bits per heavy atom. The zero-order chi connectivity index (χ0) is 15.7. The number of rotatable bonds is 4. The molecule has 1 atom stereocenters. The minimum atomic E-state index is -2.95. The first-order valence-corrected chi connectivity index (χ1v) is 6.53. The van der Waals surface area contributed by atoms with E-state index in [1.54, 1.807) is 0 Å². The highest BCUT2D eigenvalue weighted by molar-refractivity contribution is 5.99. The number of nitrogens with zero attached hydrogens (tertiary/aromatic N) is 3. The second-order valence-electron chi connectivity index (χ2n) is 4.73. The predicted molar refractivity (Wildman–Crippen MR) is 72.9 cm³/mol. The summed E-state index contributed by atoms with van der Waals surface area (Å²) in [4.78, 5) is 27.6. The van der Waals surface area contributed by atoms with E-state index in [0.29, 0.717) is 6.42 Å². The first-order chi connectivity index (χ1) is 9.88. The van der Waals surface area contributed by atoms with Gasteiger partial charge in [-0.3, -0.25) is 13.9 Å². The van der Waals surface area contributed by atoms with Gasteiger partial charge >= 0.3 is 5.69 Å². The van der Waals surface area contributed by atoms with E-state index in [0.717, 1.165) is 11.0 Å². The summed E-state index contributed by atoms with van der Waals surface area (Å²) in [5.74, 6) is -0.784. The van der Waals surface area contributed by atoms with Gasteiger partial charge in [0.05, 0.1) is 0 Å². The van der Waals surface area contributed by atoms with Crippen LogP contribution in [0.1, 0.15) is 31.7 Å². The fourth-order valence-electron chi connectivity index (χ4n) is 2.17. The van der Waals surface area contributed by atoms with Crippen molar-refractivity contribution in [3.8, 4) is 0 Å². The quantitative estimate of drug-likeness (QED) is 0.844. The van der Waals surface area contributed by atoms with Crippen molar-refractivity contribution in [3.05, 3.63) is 26.5 Å². The van der Waals surface area contributed by atoms with E-state index in [-0.39, 0.29) is 17.9 Å². The number of fused-ring (bicyclic) bond motifs is 1. The molecule has 0 radical (unpaired) electrons. The van der Waals surface area contributed by atoms with Crippen molar-refractivity contribution in [3.63, 3.8) is 0 Å². The van der Waals surface area contributed by atoms with Crippen LogP contribution in [0.25, 0.3) is 0 Å². The Morgan fingerprint density at radius 1 is 1.43 bits per heavy atom. The number of halogens is 2. The van der Waals surface area contributed by atoms with Crippen molar-refractivity contribution in [1.82, 2.24) is 9.13 Å². The summed E-state index contributed by atoms with van der Waals surface area (Å²) in [6.07, 6.45) is -3.18. The molecule has 0 spiro atoms. The Labute approximate surface area is 118 Å². The minimum Gasteiger partial charge on any atom is -0.367 e. The Morgan fingerprint density at radius 3 is 2.67 bits per heavy atom. The molecule has 1 unspecified atom stereocenters. The maximum absolute atomic E-state index is 12.7. The normalized spacial score (nSPS) is 17.4. The summed E-state index contributed by atoms with van der Waals surface area (Å²) in [6, 6.07) is 0. The number of amidine groups is 1. The molecule has 1 aliphatic heterocycles. The van der Waals surface area contributed by atoms with Crippen LogP contribution >= 0.6 is 0 Å². The van der Waals surface area contributed by atoms with Crippen molar-refractivity contribution >= 4 is 11.5 Å². The molecule has 0 bridgehead atoms. The van der Waals surface area contributed by atoms with E-state index in [2.05, 4.69) is 10.3 Å². The van der Waals surface area contributed by atoms with E-state index in [1.165, 1.54) is 11.6 Å². The average molecular weight is 302 g/mol. The van der Waals surface area contributed by atoms with Crippen LogP contribution in [0.5, 0.6) is 0 Å². The van der Waals surface area contributed by atoms with Crippen LogP contribution in [0.4, 0.5) is 14.5 Å². The second kappa shape index (κ2) is 5.76. The van der Waals surface area contributed by atoms with Gasteiger partial charge < -0.3 is 10.4 Å². The smallest absolute Gasteiger partial charge is 0.331 e. The number of anilines is 1. The summed E-state index contributed by atoms with van der Waals surface area (Å²) in [7, 11) is 1.26. The van der Waals surface area contributed by atoms with Crippen LogP contribution < -0.4 is 16.6 Å². The number of hydrogen-bond donors (Lipinski definition) is 2. The average Bonchev–Trinajstić information content (AvgIpc) is 2.45. The molecule has 21 heavy (non-hydrogen) atoms. The second-order valence-corrected chi connectivity index (χ2v) is 4.73. The molecule has 0 fully saturated rings. The first kappa shape index (κ1) is 15.4. The van der Waals surface area contributed by atoms with Crippen LogP contribution in [-0.2, 0) is 13.6 Å². The molecule has 9 heteroatoms. The summed E-state index contributed by atoms with van der Waals surface area (Å²) < 4.78 is 27.5. The summed E-state index contributed by atoms with van der Waals surface area (Å²) >= 11 is 0. The Hall–Kier alpha value is -2.03. The van der Waals surface area contributed by atoms with Crippen molar-refractivity contribution in [1.29, 1.82) is 0 Å². The lowest BCUT2D eigenvalue weighted by molar-refractivity contribution is 0.167. The highest BCUT2D eigenvalue weighted by Gasteiger charge is 2.30. The lowest BCUT2D eigenvalue weighted by Gasteiger charge is -2.25. The number of aromatic nitrogens is 2. The van der Waals surface area contributed by atoms with Crippen LogP contribution in [0.3, 0.4) is 0 Å². The Bertz CT molecular complexity index is 693. The van der Waals surface area contributed by atoms with Crippen LogP contribution in [0.15, 0.2) is 14.6 Å². The third-order valence-electron chi connectivity index (χ3n) is 3.28. The number of alkyl halides is 2. The predicted octanol–water partition coefficient (Wildman–Crippen LogP) is 0.427. The molecule has 1 aliphatic rings. The molecular formula is C12H16F2N4O3. The lowest BCUT2D eigenvalue weighted by Crippen LogP contribution is -2.44. The molecular weight excluding hydrogens is 286 g/mol. The molecule has 0 saturated carbocycles. The number of nitrogens with one attached hydrogen (secondary N) is 1. The van der Waals surface area contributed by atoms with Crippen LogP contribution in [0, 0.1) is 0 Å². The third-order valence-corrected chi connectivity index (χ3v) is 3.28. The van der Waals surface area contributed by atoms with Gasteiger partial charge in [-0.25, -0.2) is 18.6 Å². The summed E-state index contributed by atoms with van der Waals surface area (Å²) in [5, 5.41) is 12.2. The summed E-state index contributed by atoms with van der Waals surface area (Å²) in [6.45, 7) is 2.19. The third kappa shape index (κ3) is 2.60. The van der Waals surface area contributed by atoms with E-state index >= 15 is 0 Å². The van der Waals surface area contributed by atoms with Gasteiger partial charge in [-0.05, 0) is 6.42 Å². The number of aliphatic hydroxyl groups is 1. The molecule has 0 aromatic carbocycles. The van der Waals surface area contributed by atoms with Gasteiger partial charge in [0.25, 0.3) is 12.0 Å². The van der Waals surface area contributed by atoms with Gasteiger partial charge in [-0.15, -0.1) is 0 Å². The fraction of sp³-hybridized carbons (Fsp3) is 0.583. The molecule has 0 saturated heterocycles. The number of aliphatic imine (C=N–C) groups is 1. The number of hydrogen-bond acceptors (Lipinski definition) is 5. The van der Waals surface area contributed by atoms with Gasteiger partial charge in [0, 0.05) is 13.6 Å². The minimum absolute atomic E-state index is 0.0686. The van der Waals surface area contributed by atoms with Gasteiger partial charge in [0.2, 0.25) is 0 Å². The maximum atomic E-state index is 12.7. The van der Waals surface area contributed by atoms with E-state index in [4.69, 9.17) is 0 Å². The first-order valence-electron chi connectivity index (χ1n) is 6.53. The Kier molecular flexibility index (Phi) is 4.21. The van der Waals surface area contributed by atoms with E-state index in [1.807, 2.05) is 6.92 Å². The van der Waals surface area contributed by atoms with E-state index in [9.17, 15) is 23.5 Å². The molecule has 0 amide bonds. The molecule has 116 valence electrons. The SMILES string of the molecule is CCCCn1c2c(c(=O)n(C)c1=O)NC(C(F)F)=NC2O. The molecule has 2 N–H and O–H groups in total. The number of aliphatic hydroxyl groups excluding tert-OH is 1. The highest BCUT2D eigenvalue weighted by Crippen LogP contribution is 2.25. The van der Waals surface area contributed by atoms with E-state index < -0.39 is 29.7 Å². The van der Waals surface area contributed by atoms with Crippen molar-refractivity contribution in [2.45, 2.75) is 39.0 Å².